The van der Waals surface area contributed by atoms with Crippen molar-refractivity contribution in [3.8, 4) is 11.5 Å². The van der Waals surface area contributed by atoms with Crippen LogP contribution in [0.3, 0.4) is 0 Å². The Kier molecular flexibility index (Phi) is 4.22. The fourth-order valence-electron chi connectivity index (χ4n) is 2.15. The van der Waals surface area contributed by atoms with Gasteiger partial charge in [-0.3, -0.25) is 10.1 Å². The number of hydrogen-bond donors (Lipinski definition) is 0. The van der Waals surface area contributed by atoms with Gasteiger partial charge in [0.15, 0.2) is 0 Å². The molecule has 2 aromatic carbocycles. The SMILES string of the molecule is O=[N+]([O-])c1cnc2ccc(Oc3ccc(C(F)(F)F)cc3Cl)cc2c1. The third-order valence-electron chi connectivity index (χ3n) is 3.34. The summed E-state index contributed by atoms with van der Waals surface area (Å²) in [5, 5.41) is 11.1. The number of benzene rings is 2. The molecule has 1 aromatic heterocycles. The van der Waals surface area contributed by atoms with Crippen molar-refractivity contribution in [3.05, 3.63) is 69.4 Å². The van der Waals surface area contributed by atoms with E-state index < -0.39 is 16.7 Å². The predicted molar refractivity (Wildman–Crippen MR) is 84.9 cm³/mol. The van der Waals surface area contributed by atoms with E-state index in [2.05, 4.69) is 4.98 Å². The fourth-order valence-corrected chi connectivity index (χ4v) is 2.37. The maximum Gasteiger partial charge on any atom is 0.416 e. The van der Waals surface area contributed by atoms with Crippen LogP contribution in [0, 0.1) is 10.1 Å². The van der Waals surface area contributed by atoms with Crippen LogP contribution in [0.15, 0.2) is 48.7 Å². The molecular weight excluding hydrogens is 361 g/mol. The van der Waals surface area contributed by atoms with Crippen LogP contribution in [0.2, 0.25) is 5.02 Å². The number of nitro groups is 1. The molecular formula is C16H8ClF3N2O3. The van der Waals surface area contributed by atoms with Gasteiger partial charge in [-0.05, 0) is 36.4 Å². The minimum Gasteiger partial charge on any atom is -0.456 e. The molecule has 0 fully saturated rings. The van der Waals surface area contributed by atoms with Gasteiger partial charge in [-0.2, -0.15) is 13.2 Å². The molecule has 3 aromatic rings. The van der Waals surface area contributed by atoms with Crippen LogP contribution >= 0.6 is 11.6 Å². The summed E-state index contributed by atoms with van der Waals surface area (Å²) in [6.45, 7) is 0. The highest BCUT2D eigenvalue weighted by molar-refractivity contribution is 6.32. The van der Waals surface area contributed by atoms with E-state index in [1.807, 2.05) is 0 Å². The van der Waals surface area contributed by atoms with Gasteiger partial charge in [0, 0.05) is 11.5 Å². The Morgan fingerprint density at radius 2 is 1.88 bits per heavy atom. The second-order valence-electron chi connectivity index (χ2n) is 5.05. The molecule has 0 saturated carbocycles. The number of fused-ring (bicyclic) bond motifs is 1. The van der Waals surface area contributed by atoms with Crippen LogP contribution in [-0.2, 0) is 6.18 Å². The molecule has 0 saturated heterocycles. The molecule has 0 bridgehead atoms. The molecule has 0 unspecified atom stereocenters. The van der Waals surface area contributed by atoms with Gasteiger partial charge < -0.3 is 4.74 Å². The first-order valence-electron chi connectivity index (χ1n) is 6.83. The number of halogens is 4. The third-order valence-corrected chi connectivity index (χ3v) is 3.63. The zero-order valence-electron chi connectivity index (χ0n) is 12.2. The van der Waals surface area contributed by atoms with Crippen molar-refractivity contribution in [2.45, 2.75) is 6.18 Å². The summed E-state index contributed by atoms with van der Waals surface area (Å²) in [6.07, 6.45) is -3.37. The van der Waals surface area contributed by atoms with Crippen molar-refractivity contribution in [2.24, 2.45) is 0 Å². The average Bonchev–Trinajstić information content (AvgIpc) is 2.55. The van der Waals surface area contributed by atoms with Gasteiger partial charge in [-0.1, -0.05) is 11.6 Å². The molecule has 9 heteroatoms. The third kappa shape index (κ3) is 3.63. The predicted octanol–water partition coefficient (Wildman–Crippen LogP) is 5.61. The molecule has 0 spiro atoms. The van der Waals surface area contributed by atoms with Gasteiger partial charge >= 0.3 is 6.18 Å². The van der Waals surface area contributed by atoms with Crippen LogP contribution in [0.4, 0.5) is 18.9 Å². The lowest BCUT2D eigenvalue weighted by atomic mass is 10.2. The van der Waals surface area contributed by atoms with Crippen LogP contribution in [0.5, 0.6) is 11.5 Å². The summed E-state index contributed by atoms with van der Waals surface area (Å²) in [6, 6.07) is 8.66. The van der Waals surface area contributed by atoms with E-state index in [-0.39, 0.29) is 22.2 Å². The molecule has 128 valence electrons. The second-order valence-corrected chi connectivity index (χ2v) is 5.46. The first-order valence-corrected chi connectivity index (χ1v) is 7.20. The standard InChI is InChI=1S/C16H8ClF3N2O3/c17-13-7-10(16(18,19)20)1-4-15(13)25-12-2-3-14-9(6-12)5-11(8-21-14)22(23)24/h1-8H. The van der Waals surface area contributed by atoms with Gasteiger partial charge in [-0.15, -0.1) is 0 Å². The topological polar surface area (TPSA) is 65.3 Å². The minimum absolute atomic E-state index is 0.0346. The van der Waals surface area contributed by atoms with Gasteiger partial charge in [0.05, 0.1) is 21.0 Å². The summed E-state index contributed by atoms with van der Waals surface area (Å²) < 4.78 is 43.4. The summed E-state index contributed by atoms with van der Waals surface area (Å²) in [7, 11) is 0. The van der Waals surface area contributed by atoms with E-state index in [4.69, 9.17) is 16.3 Å². The molecule has 5 nitrogen and oxygen atoms in total. The average molecular weight is 369 g/mol. The van der Waals surface area contributed by atoms with Crippen LogP contribution < -0.4 is 4.74 Å². The fraction of sp³-hybridized carbons (Fsp3) is 0.0625. The normalized spacial score (nSPS) is 11.5. The summed E-state index contributed by atoms with van der Waals surface area (Å²) in [4.78, 5) is 14.2. The van der Waals surface area contributed by atoms with Gasteiger partial charge in [-0.25, -0.2) is 4.98 Å². The lowest BCUT2D eigenvalue weighted by molar-refractivity contribution is -0.385. The maximum atomic E-state index is 12.6. The smallest absolute Gasteiger partial charge is 0.416 e. The number of ether oxygens (including phenoxy) is 1. The van der Waals surface area contributed by atoms with Crippen LogP contribution in [-0.4, -0.2) is 9.91 Å². The van der Waals surface area contributed by atoms with Crippen molar-refractivity contribution in [1.29, 1.82) is 0 Å². The molecule has 0 aliphatic rings. The zero-order valence-corrected chi connectivity index (χ0v) is 13.0. The summed E-state index contributed by atoms with van der Waals surface area (Å²) in [5.41, 5.74) is -0.558. The molecule has 25 heavy (non-hydrogen) atoms. The molecule has 0 radical (unpaired) electrons. The van der Waals surface area contributed by atoms with Crippen molar-refractivity contribution in [2.75, 3.05) is 0 Å². The van der Waals surface area contributed by atoms with E-state index in [1.54, 1.807) is 6.07 Å². The van der Waals surface area contributed by atoms with Crippen LogP contribution in [0.1, 0.15) is 5.56 Å². The monoisotopic (exact) mass is 368 g/mol. The Labute approximate surface area is 143 Å². The number of alkyl halides is 3. The lowest BCUT2D eigenvalue weighted by Crippen LogP contribution is -2.04. The Morgan fingerprint density at radius 3 is 2.52 bits per heavy atom. The minimum atomic E-state index is -4.50. The Morgan fingerprint density at radius 1 is 1.12 bits per heavy atom. The first-order chi connectivity index (χ1) is 11.7. The van der Waals surface area contributed by atoms with Crippen molar-refractivity contribution in [3.63, 3.8) is 0 Å². The van der Waals surface area contributed by atoms with E-state index in [0.717, 1.165) is 24.4 Å². The first kappa shape index (κ1) is 17.0. The molecule has 0 aliphatic carbocycles. The summed E-state index contributed by atoms with van der Waals surface area (Å²) in [5.74, 6) is 0.295. The highest BCUT2D eigenvalue weighted by Gasteiger charge is 2.31. The Bertz CT molecular complexity index is 976. The highest BCUT2D eigenvalue weighted by atomic mass is 35.5. The molecule has 0 amide bonds. The van der Waals surface area contributed by atoms with Gasteiger partial charge in [0.1, 0.15) is 17.7 Å². The Balaban J connectivity index is 1.93. The van der Waals surface area contributed by atoms with E-state index in [0.29, 0.717) is 10.9 Å². The molecule has 3 rings (SSSR count). The van der Waals surface area contributed by atoms with Gasteiger partial charge in [0.25, 0.3) is 5.69 Å². The molecule has 0 N–H and O–H groups in total. The quantitative estimate of drug-likeness (QED) is 0.445. The Hall–Kier alpha value is -2.87. The second kappa shape index (κ2) is 6.21. The molecule has 0 atom stereocenters. The van der Waals surface area contributed by atoms with Crippen LogP contribution in [0.25, 0.3) is 10.9 Å². The van der Waals surface area contributed by atoms with Gasteiger partial charge in [0.2, 0.25) is 0 Å². The molecule has 0 aliphatic heterocycles. The zero-order chi connectivity index (χ0) is 18.2. The number of aromatic nitrogens is 1. The number of pyridine rings is 1. The van der Waals surface area contributed by atoms with E-state index >= 15 is 0 Å². The highest BCUT2D eigenvalue weighted by Crippen LogP contribution is 2.36. The van der Waals surface area contributed by atoms with Crippen molar-refractivity contribution < 1.29 is 22.8 Å². The van der Waals surface area contributed by atoms with Crippen molar-refractivity contribution in [1.82, 2.24) is 4.98 Å². The number of hydrogen-bond acceptors (Lipinski definition) is 4. The van der Waals surface area contributed by atoms with E-state index in [9.17, 15) is 23.3 Å². The largest absolute Gasteiger partial charge is 0.456 e. The van der Waals surface area contributed by atoms with Crippen molar-refractivity contribution >= 4 is 28.2 Å². The maximum absolute atomic E-state index is 12.6. The lowest BCUT2D eigenvalue weighted by Gasteiger charge is -2.11. The number of rotatable bonds is 3. The number of nitrogens with zero attached hydrogens (tertiary/aromatic N) is 2. The molecule has 1 heterocycles. The van der Waals surface area contributed by atoms with E-state index in [1.165, 1.54) is 18.2 Å². The summed E-state index contributed by atoms with van der Waals surface area (Å²) >= 11 is 5.84.